The van der Waals surface area contributed by atoms with Gasteiger partial charge in [0.25, 0.3) is 0 Å². The second kappa shape index (κ2) is 9.33. The third-order valence-electron chi connectivity index (χ3n) is 5.15. The second-order valence-electron chi connectivity index (χ2n) is 7.08. The highest BCUT2D eigenvalue weighted by Crippen LogP contribution is 2.21. The van der Waals surface area contributed by atoms with Gasteiger partial charge in [0.05, 0.1) is 0 Å². The van der Waals surface area contributed by atoms with Crippen LogP contribution in [0.5, 0.6) is 0 Å². The molecule has 0 radical (unpaired) electrons. The van der Waals surface area contributed by atoms with E-state index in [1.807, 2.05) is 65.6 Å². The van der Waals surface area contributed by atoms with E-state index < -0.39 is 0 Å². The van der Waals surface area contributed by atoms with Gasteiger partial charge in [-0.2, -0.15) is 0 Å². The number of nitrogens with one attached hydrogen (secondary N) is 1. The molecule has 1 saturated heterocycles. The molecule has 1 unspecified atom stereocenters. The van der Waals surface area contributed by atoms with Crippen LogP contribution in [0.4, 0.5) is 0 Å². The lowest BCUT2D eigenvalue weighted by atomic mass is 9.95. The van der Waals surface area contributed by atoms with E-state index in [9.17, 15) is 9.59 Å². The first-order chi connectivity index (χ1) is 13.1. The summed E-state index contributed by atoms with van der Waals surface area (Å²) in [5, 5.41) is 3.00. The minimum absolute atomic E-state index is 0.0273. The zero-order valence-corrected chi connectivity index (χ0v) is 15.5. The number of rotatable bonds is 6. The number of amides is 2. The van der Waals surface area contributed by atoms with Crippen molar-refractivity contribution < 1.29 is 9.59 Å². The Balaban J connectivity index is 1.42. The molecular formula is C22H27N3O2. The zero-order valence-electron chi connectivity index (χ0n) is 15.5. The van der Waals surface area contributed by atoms with Gasteiger partial charge in [-0.15, -0.1) is 0 Å². The van der Waals surface area contributed by atoms with E-state index in [1.54, 1.807) is 0 Å². The van der Waals surface area contributed by atoms with E-state index in [0.717, 1.165) is 11.1 Å². The fourth-order valence-electron chi connectivity index (χ4n) is 3.46. The summed E-state index contributed by atoms with van der Waals surface area (Å²) >= 11 is 0. The van der Waals surface area contributed by atoms with Crippen LogP contribution in [0.25, 0.3) is 0 Å². The van der Waals surface area contributed by atoms with Gasteiger partial charge in [-0.3, -0.25) is 9.59 Å². The summed E-state index contributed by atoms with van der Waals surface area (Å²) in [4.78, 5) is 26.7. The van der Waals surface area contributed by atoms with Crippen LogP contribution in [-0.2, 0) is 16.1 Å². The number of likely N-dealkylation sites (tertiary alicyclic amines) is 1. The summed E-state index contributed by atoms with van der Waals surface area (Å²) in [5.41, 5.74) is 8.23. The van der Waals surface area contributed by atoms with Crippen LogP contribution >= 0.6 is 0 Å². The van der Waals surface area contributed by atoms with Crippen molar-refractivity contribution in [1.82, 2.24) is 10.2 Å². The van der Waals surface area contributed by atoms with E-state index in [4.69, 9.17) is 5.73 Å². The summed E-state index contributed by atoms with van der Waals surface area (Å²) in [7, 11) is 0. The minimum atomic E-state index is -0.286. The van der Waals surface area contributed by atoms with Crippen LogP contribution in [0.15, 0.2) is 60.7 Å². The molecule has 2 aromatic carbocycles. The lowest BCUT2D eigenvalue weighted by Crippen LogP contribution is -2.43. The van der Waals surface area contributed by atoms with Crippen molar-refractivity contribution >= 4 is 11.8 Å². The molecule has 0 spiro atoms. The van der Waals surface area contributed by atoms with E-state index >= 15 is 0 Å². The number of carbonyl (C=O) groups is 2. The minimum Gasteiger partial charge on any atom is -0.352 e. The van der Waals surface area contributed by atoms with Gasteiger partial charge in [0, 0.05) is 38.0 Å². The quantitative estimate of drug-likeness (QED) is 0.826. The van der Waals surface area contributed by atoms with Crippen LogP contribution < -0.4 is 11.1 Å². The molecule has 0 bridgehead atoms. The number of nitrogens with two attached hydrogens (primary N) is 1. The molecule has 5 nitrogen and oxygen atoms in total. The van der Waals surface area contributed by atoms with Gasteiger partial charge in [0.1, 0.15) is 0 Å². The Bertz CT molecular complexity index is 741. The highest BCUT2D eigenvalue weighted by atomic mass is 16.2. The van der Waals surface area contributed by atoms with E-state index in [1.165, 1.54) is 0 Å². The van der Waals surface area contributed by atoms with Gasteiger partial charge in [0.2, 0.25) is 11.8 Å². The third-order valence-corrected chi connectivity index (χ3v) is 5.15. The van der Waals surface area contributed by atoms with Gasteiger partial charge >= 0.3 is 0 Å². The molecule has 1 fully saturated rings. The summed E-state index contributed by atoms with van der Waals surface area (Å²) in [6.07, 6.45) is 1.70. The first-order valence-corrected chi connectivity index (χ1v) is 9.53. The molecule has 0 saturated carbocycles. The second-order valence-corrected chi connectivity index (χ2v) is 7.08. The number of hydrogen-bond donors (Lipinski definition) is 2. The first kappa shape index (κ1) is 19.1. The summed E-state index contributed by atoms with van der Waals surface area (Å²) in [6.45, 7) is 1.78. The van der Waals surface area contributed by atoms with Crippen LogP contribution in [0.2, 0.25) is 0 Å². The largest absolute Gasteiger partial charge is 0.352 e. The Morgan fingerprint density at radius 2 is 1.59 bits per heavy atom. The number of hydrogen-bond acceptors (Lipinski definition) is 3. The van der Waals surface area contributed by atoms with Crippen LogP contribution in [0.3, 0.4) is 0 Å². The fraction of sp³-hybridized carbons (Fsp3) is 0.364. The third kappa shape index (κ3) is 5.41. The normalized spacial score (nSPS) is 16.0. The molecule has 1 atom stereocenters. The highest BCUT2D eigenvalue weighted by molar-refractivity contribution is 5.80. The summed E-state index contributed by atoms with van der Waals surface area (Å²) in [6, 6.07) is 19.3. The van der Waals surface area contributed by atoms with E-state index in [0.29, 0.717) is 38.9 Å². The SMILES string of the molecule is NC(CC(=O)N1CCC(C(=O)NCc2ccccc2)CC1)c1ccccc1. The molecule has 1 aliphatic heterocycles. The number of nitrogens with zero attached hydrogens (tertiary/aromatic N) is 1. The molecule has 3 rings (SSSR count). The average molecular weight is 365 g/mol. The number of carbonyl (C=O) groups excluding carboxylic acids is 2. The maximum absolute atomic E-state index is 12.5. The van der Waals surface area contributed by atoms with Crippen LogP contribution in [-0.4, -0.2) is 29.8 Å². The maximum Gasteiger partial charge on any atom is 0.224 e. The van der Waals surface area contributed by atoms with Gasteiger partial charge in [-0.1, -0.05) is 60.7 Å². The van der Waals surface area contributed by atoms with Gasteiger partial charge in [-0.25, -0.2) is 0 Å². The zero-order chi connectivity index (χ0) is 19.1. The summed E-state index contributed by atoms with van der Waals surface area (Å²) < 4.78 is 0. The Morgan fingerprint density at radius 1 is 1.00 bits per heavy atom. The first-order valence-electron chi connectivity index (χ1n) is 9.53. The standard InChI is InChI=1S/C22H27N3O2/c23-20(18-9-5-2-6-10-18)15-21(26)25-13-11-19(12-14-25)22(27)24-16-17-7-3-1-4-8-17/h1-10,19-20H,11-16,23H2,(H,24,27). The molecule has 1 aliphatic rings. The van der Waals surface area contributed by atoms with Crippen molar-refractivity contribution in [2.75, 3.05) is 13.1 Å². The van der Waals surface area contributed by atoms with Crippen molar-refractivity contribution in [2.45, 2.75) is 31.8 Å². The Kier molecular flexibility index (Phi) is 6.60. The lowest BCUT2D eigenvalue weighted by molar-refractivity contribution is -0.136. The highest BCUT2D eigenvalue weighted by Gasteiger charge is 2.27. The molecule has 2 amide bonds. The van der Waals surface area contributed by atoms with Gasteiger partial charge < -0.3 is 16.0 Å². The molecule has 0 aliphatic carbocycles. The Hall–Kier alpha value is -2.66. The van der Waals surface area contributed by atoms with Crippen molar-refractivity contribution in [3.05, 3.63) is 71.8 Å². The monoisotopic (exact) mass is 365 g/mol. The van der Waals surface area contributed by atoms with Crippen LogP contribution in [0, 0.1) is 5.92 Å². The molecule has 0 aromatic heterocycles. The van der Waals surface area contributed by atoms with Gasteiger partial charge in [0.15, 0.2) is 0 Å². The number of piperidine rings is 1. The van der Waals surface area contributed by atoms with Crippen LogP contribution in [0.1, 0.15) is 36.4 Å². The molecule has 142 valence electrons. The van der Waals surface area contributed by atoms with E-state index in [2.05, 4.69) is 5.32 Å². The lowest BCUT2D eigenvalue weighted by Gasteiger charge is -2.32. The maximum atomic E-state index is 12.5. The predicted octanol–water partition coefficient (Wildman–Crippen LogP) is 2.63. The smallest absolute Gasteiger partial charge is 0.224 e. The molecule has 2 aromatic rings. The van der Waals surface area contributed by atoms with Crippen molar-refractivity contribution in [3.8, 4) is 0 Å². The Morgan fingerprint density at radius 3 is 2.22 bits per heavy atom. The molecule has 5 heteroatoms. The summed E-state index contributed by atoms with van der Waals surface area (Å²) in [5.74, 6) is 0.113. The Labute approximate surface area is 160 Å². The van der Waals surface area contributed by atoms with Gasteiger partial charge in [-0.05, 0) is 24.0 Å². The molecule has 3 N–H and O–H groups in total. The number of benzene rings is 2. The van der Waals surface area contributed by atoms with Crippen molar-refractivity contribution in [2.24, 2.45) is 11.7 Å². The molecule has 27 heavy (non-hydrogen) atoms. The van der Waals surface area contributed by atoms with Crippen molar-refractivity contribution in [1.29, 1.82) is 0 Å². The topological polar surface area (TPSA) is 75.4 Å². The average Bonchev–Trinajstić information content (AvgIpc) is 2.73. The molecular weight excluding hydrogens is 338 g/mol. The molecule has 1 heterocycles. The fourth-order valence-corrected chi connectivity index (χ4v) is 3.46. The van der Waals surface area contributed by atoms with E-state index in [-0.39, 0.29) is 23.8 Å². The predicted molar refractivity (Wildman–Crippen MR) is 106 cm³/mol. The van der Waals surface area contributed by atoms with Crippen molar-refractivity contribution in [3.63, 3.8) is 0 Å².